The summed E-state index contributed by atoms with van der Waals surface area (Å²) >= 11 is 0. The number of hydrogen-bond donors (Lipinski definition) is 0. The van der Waals surface area contributed by atoms with Gasteiger partial charge in [0.1, 0.15) is 9.84 Å². The van der Waals surface area contributed by atoms with Crippen LogP contribution in [0.5, 0.6) is 0 Å². The number of carbonyl (C=O) groups excluding carboxylic acids is 1. The molecule has 210 valence electrons. The van der Waals surface area contributed by atoms with E-state index < -0.39 is 9.84 Å². The molecule has 39 heavy (non-hydrogen) atoms. The van der Waals surface area contributed by atoms with Gasteiger partial charge in [-0.3, -0.25) is 4.79 Å². The van der Waals surface area contributed by atoms with E-state index in [-0.39, 0.29) is 40.2 Å². The summed E-state index contributed by atoms with van der Waals surface area (Å²) in [6, 6.07) is 10.4. The quantitative estimate of drug-likeness (QED) is 0.447. The van der Waals surface area contributed by atoms with Crippen LogP contribution in [-0.2, 0) is 21.1 Å². The van der Waals surface area contributed by atoms with Crippen molar-refractivity contribution in [3.63, 3.8) is 0 Å². The Hall–Kier alpha value is -2.94. The number of rotatable bonds is 4. The molecule has 2 aliphatic rings. The van der Waals surface area contributed by atoms with Gasteiger partial charge in [0.25, 0.3) is 0 Å². The summed E-state index contributed by atoms with van der Waals surface area (Å²) in [6.07, 6.45) is 3.69. The van der Waals surface area contributed by atoms with Crippen molar-refractivity contribution in [3.05, 3.63) is 53.5 Å². The predicted molar refractivity (Wildman–Crippen MR) is 155 cm³/mol. The molecule has 5 rings (SSSR count). The molecule has 1 atom stereocenters. The van der Waals surface area contributed by atoms with Crippen LogP contribution in [0.4, 0.5) is 11.4 Å². The molecule has 2 aromatic heterocycles. The van der Waals surface area contributed by atoms with Crippen LogP contribution in [0.1, 0.15) is 70.5 Å². The molecular weight excluding hydrogens is 510 g/mol. The van der Waals surface area contributed by atoms with Gasteiger partial charge in [0.2, 0.25) is 5.91 Å². The number of sulfone groups is 1. The molecule has 1 fully saturated rings. The van der Waals surface area contributed by atoms with Crippen molar-refractivity contribution in [1.29, 1.82) is 0 Å². The van der Waals surface area contributed by atoms with Crippen LogP contribution in [0.25, 0.3) is 5.65 Å². The van der Waals surface area contributed by atoms with Gasteiger partial charge in [-0.15, -0.1) is 0 Å². The van der Waals surface area contributed by atoms with E-state index in [9.17, 15) is 13.2 Å². The van der Waals surface area contributed by atoms with Crippen molar-refractivity contribution in [3.8, 4) is 0 Å². The molecule has 4 heterocycles. The third-order valence-corrected chi connectivity index (χ3v) is 9.90. The predicted octanol–water partition coefficient (Wildman–Crippen LogP) is 5.13. The molecular formula is C30H41N5O3S. The van der Waals surface area contributed by atoms with Crippen molar-refractivity contribution < 1.29 is 13.2 Å². The lowest BCUT2D eigenvalue weighted by Crippen LogP contribution is -2.43. The molecule has 3 aromatic rings. The Morgan fingerprint density at radius 2 is 1.77 bits per heavy atom. The molecule has 1 aromatic carbocycles. The molecule has 8 nitrogen and oxygen atoms in total. The highest BCUT2D eigenvalue weighted by Gasteiger charge is 2.38. The molecule has 0 bridgehead atoms. The maximum absolute atomic E-state index is 13.5. The van der Waals surface area contributed by atoms with Crippen molar-refractivity contribution in [2.45, 2.75) is 66.8 Å². The number of aryl methyl sites for hydroxylation is 1. The molecule has 0 N–H and O–H groups in total. The first-order chi connectivity index (χ1) is 18.2. The highest BCUT2D eigenvalue weighted by atomic mass is 32.2. The third kappa shape index (κ3) is 5.42. The van der Waals surface area contributed by atoms with Gasteiger partial charge in [-0.2, -0.15) is 5.10 Å². The van der Waals surface area contributed by atoms with Crippen LogP contribution < -0.4 is 4.90 Å². The van der Waals surface area contributed by atoms with Gasteiger partial charge in [-0.1, -0.05) is 46.8 Å². The lowest BCUT2D eigenvalue weighted by atomic mass is 9.80. The summed E-state index contributed by atoms with van der Waals surface area (Å²) in [5.41, 5.74) is 6.06. The van der Waals surface area contributed by atoms with E-state index in [4.69, 9.17) is 5.10 Å². The maximum atomic E-state index is 13.5. The molecule has 9 heteroatoms. The van der Waals surface area contributed by atoms with Crippen LogP contribution in [0, 0.1) is 23.7 Å². The van der Waals surface area contributed by atoms with Crippen molar-refractivity contribution in [2.24, 2.45) is 16.7 Å². The number of amides is 1. The fourth-order valence-electron chi connectivity index (χ4n) is 6.42. The third-order valence-electron chi connectivity index (χ3n) is 8.19. The Balaban J connectivity index is 1.45. The van der Waals surface area contributed by atoms with Gasteiger partial charge in [-0.05, 0) is 54.7 Å². The Labute approximate surface area is 232 Å². The Morgan fingerprint density at radius 1 is 1.13 bits per heavy atom. The standard InChI is InChI=1S/C30H41N5O3S/c1-20-16-26-31-18-25-24(35(26)32-20)17-30(5,6)19-34(25)23-10-8-21(9-11-23)27(29(2,3)4)33(7)28(36)22-12-14-39(37,38)15-13-22/h8-11,16,18,22,27H,12-15,17,19H2,1-7H3/t27-/m0/s1. The first-order valence-electron chi connectivity index (χ1n) is 13.8. The fraction of sp³-hybridized carbons (Fsp3) is 0.567. The summed E-state index contributed by atoms with van der Waals surface area (Å²) < 4.78 is 25.8. The fourth-order valence-corrected chi connectivity index (χ4v) is 7.92. The molecule has 1 saturated heterocycles. The van der Waals surface area contributed by atoms with Gasteiger partial charge in [0.15, 0.2) is 5.65 Å². The maximum Gasteiger partial charge on any atom is 0.226 e. The number of benzene rings is 1. The highest BCUT2D eigenvalue weighted by Crippen LogP contribution is 2.42. The van der Waals surface area contributed by atoms with Crippen LogP contribution in [0.2, 0.25) is 0 Å². The number of aromatic nitrogens is 3. The summed E-state index contributed by atoms with van der Waals surface area (Å²) in [7, 11) is -1.15. The Kier molecular flexibility index (Phi) is 6.81. The number of fused-ring (bicyclic) bond motifs is 3. The van der Waals surface area contributed by atoms with E-state index in [0.717, 1.165) is 41.2 Å². The van der Waals surface area contributed by atoms with E-state index in [2.05, 4.69) is 68.8 Å². The van der Waals surface area contributed by atoms with Crippen molar-refractivity contribution >= 4 is 32.8 Å². The second kappa shape index (κ2) is 9.61. The van der Waals surface area contributed by atoms with Gasteiger partial charge < -0.3 is 9.80 Å². The highest BCUT2D eigenvalue weighted by molar-refractivity contribution is 7.91. The average Bonchev–Trinajstić information content (AvgIpc) is 3.23. The summed E-state index contributed by atoms with van der Waals surface area (Å²) in [5.74, 6) is -0.0202. The largest absolute Gasteiger partial charge is 0.338 e. The zero-order valence-electron chi connectivity index (χ0n) is 24.2. The minimum atomic E-state index is -3.02. The monoisotopic (exact) mass is 551 g/mol. The first-order valence-corrected chi connectivity index (χ1v) is 15.7. The van der Waals surface area contributed by atoms with Crippen LogP contribution in [-0.4, -0.2) is 58.9 Å². The van der Waals surface area contributed by atoms with E-state index >= 15 is 0 Å². The molecule has 0 aliphatic carbocycles. The van der Waals surface area contributed by atoms with Gasteiger partial charge >= 0.3 is 0 Å². The number of anilines is 2. The smallest absolute Gasteiger partial charge is 0.226 e. The zero-order chi connectivity index (χ0) is 28.3. The van der Waals surface area contributed by atoms with Crippen LogP contribution in [0.15, 0.2) is 36.5 Å². The summed E-state index contributed by atoms with van der Waals surface area (Å²) in [5, 5.41) is 4.72. The van der Waals surface area contributed by atoms with Crippen LogP contribution in [0.3, 0.4) is 0 Å². The van der Waals surface area contributed by atoms with Gasteiger partial charge in [0, 0.05) is 31.3 Å². The molecule has 0 saturated carbocycles. The van der Waals surface area contributed by atoms with Gasteiger partial charge in [-0.25, -0.2) is 17.9 Å². The molecule has 0 spiro atoms. The molecule has 0 radical (unpaired) electrons. The number of carbonyl (C=O) groups is 1. The van der Waals surface area contributed by atoms with E-state index in [0.29, 0.717) is 12.8 Å². The van der Waals surface area contributed by atoms with E-state index in [1.54, 1.807) is 0 Å². The van der Waals surface area contributed by atoms with Crippen molar-refractivity contribution in [1.82, 2.24) is 19.5 Å². The minimum Gasteiger partial charge on any atom is -0.338 e. The number of hydrogen-bond acceptors (Lipinski definition) is 6. The molecule has 2 aliphatic heterocycles. The second-order valence-electron chi connectivity index (χ2n) is 13.3. The Bertz CT molecular complexity index is 1490. The van der Waals surface area contributed by atoms with Crippen LogP contribution >= 0.6 is 0 Å². The first kappa shape index (κ1) is 27.6. The Morgan fingerprint density at radius 3 is 2.38 bits per heavy atom. The number of nitrogens with zero attached hydrogens (tertiary/aromatic N) is 5. The molecule has 1 amide bonds. The minimum absolute atomic E-state index is 0.0326. The van der Waals surface area contributed by atoms with Crippen molar-refractivity contribution in [2.75, 3.05) is 30.0 Å². The summed E-state index contributed by atoms with van der Waals surface area (Å²) in [4.78, 5) is 22.4. The zero-order valence-corrected chi connectivity index (χ0v) is 25.0. The van der Waals surface area contributed by atoms with E-state index in [1.807, 2.05) is 35.6 Å². The normalized spacial score (nSPS) is 20.0. The average molecular weight is 552 g/mol. The SMILES string of the molecule is Cc1cc2ncc3c(n2n1)CC(C)(C)CN3c1ccc([C@H](N(C)C(=O)C2CCS(=O)(=O)CC2)C(C)(C)C)cc1. The van der Waals surface area contributed by atoms with E-state index in [1.165, 1.54) is 5.69 Å². The van der Waals surface area contributed by atoms with Gasteiger partial charge in [0.05, 0.1) is 40.8 Å². The topological polar surface area (TPSA) is 87.9 Å². The second-order valence-corrected chi connectivity index (χ2v) is 15.6. The summed E-state index contributed by atoms with van der Waals surface area (Å²) in [6.45, 7) is 13.9. The molecule has 0 unspecified atom stereocenters. The lowest BCUT2D eigenvalue weighted by molar-refractivity contribution is -0.139. The lowest BCUT2D eigenvalue weighted by Gasteiger charge is -2.41.